The van der Waals surface area contributed by atoms with E-state index in [1.54, 1.807) is 0 Å². The second kappa shape index (κ2) is 6.05. The average molecular weight is 167 g/mol. The van der Waals surface area contributed by atoms with Crippen molar-refractivity contribution in [3.8, 4) is 11.8 Å². The molecule has 1 fully saturated rings. The SMILES string of the molecule is CNCC#CCC1CCCCO1. The zero-order valence-corrected chi connectivity index (χ0v) is 7.73. The van der Waals surface area contributed by atoms with Gasteiger partial charge < -0.3 is 10.1 Å². The lowest BCUT2D eigenvalue weighted by Gasteiger charge is -2.20. The Hall–Kier alpha value is -0.520. The summed E-state index contributed by atoms with van der Waals surface area (Å²) in [4.78, 5) is 0. The second-order valence-electron chi connectivity index (χ2n) is 3.08. The number of nitrogens with one attached hydrogen (secondary N) is 1. The molecule has 1 atom stereocenters. The predicted molar refractivity (Wildman–Crippen MR) is 49.9 cm³/mol. The standard InChI is InChI=1S/C10H17NO/c1-11-8-4-2-6-10-7-3-5-9-12-10/h10-11H,3,5-9H2,1H3. The van der Waals surface area contributed by atoms with Gasteiger partial charge in [0, 0.05) is 13.0 Å². The molecule has 0 aromatic carbocycles. The Balaban J connectivity index is 2.09. The van der Waals surface area contributed by atoms with Crippen molar-refractivity contribution < 1.29 is 4.74 Å². The first-order chi connectivity index (χ1) is 5.93. The predicted octanol–water partition coefficient (Wildman–Crippen LogP) is 1.17. The van der Waals surface area contributed by atoms with E-state index in [-0.39, 0.29) is 0 Å². The first kappa shape index (κ1) is 9.57. The fourth-order valence-corrected chi connectivity index (χ4v) is 1.31. The van der Waals surface area contributed by atoms with Gasteiger partial charge in [-0.1, -0.05) is 11.8 Å². The van der Waals surface area contributed by atoms with Gasteiger partial charge in [0.15, 0.2) is 0 Å². The second-order valence-corrected chi connectivity index (χ2v) is 3.08. The summed E-state index contributed by atoms with van der Waals surface area (Å²) in [5.41, 5.74) is 0. The van der Waals surface area contributed by atoms with E-state index in [2.05, 4.69) is 17.2 Å². The first-order valence-corrected chi connectivity index (χ1v) is 4.65. The van der Waals surface area contributed by atoms with Crippen LogP contribution in [0.5, 0.6) is 0 Å². The molecule has 0 aliphatic carbocycles. The minimum atomic E-state index is 0.406. The molecule has 0 radical (unpaired) electrons. The van der Waals surface area contributed by atoms with E-state index in [1.165, 1.54) is 19.3 Å². The average Bonchev–Trinajstić information content (AvgIpc) is 2.14. The highest BCUT2D eigenvalue weighted by molar-refractivity contribution is 5.02. The van der Waals surface area contributed by atoms with Crippen molar-refractivity contribution in [1.82, 2.24) is 5.32 Å². The summed E-state index contributed by atoms with van der Waals surface area (Å²) in [5, 5.41) is 2.99. The smallest absolute Gasteiger partial charge is 0.0684 e. The summed E-state index contributed by atoms with van der Waals surface area (Å²) in [6.45, 7) is 1.71. The Morgan fingerprint density at radius 3 is 3.00 bits per heavy atom. The highest BCUT2D eigenvalue weighted by Crippen LogP contribution is 2.14. The molecule has 1 heterocycles. The molecule has 12 heavy (non-hydrogen) atoms. The largest absolute Gasteiger partial charge is 0.377 e. The Bertz CT molecular complexity index is 162. The highest BCUT2D eigenvalue weighted by Gasteiger charge is 2.11. The first-order valence-electron chi connectivity index (χ1n) is 4.65. The normalized spacial score (nSPS) is 22.9. The van der Waals surface area contributed by atoms with E-state index < -0.39 is 0 Å². The van der Waals surface area contributed by atoms with Gasteiger partial charge in [-0.2, -0.15) is 0 Å². The van der Waals surface area contributed by atoms with Crippen molar-refractivity contribution in [2.75, 3.05) is 20.2 Å². The Morgan fingerprint density at radius 1 is 1.42 bits per heavy atom. The number of hydrogen-bond acceptors (Lipinski definition) is 2. The molecule has 1 aliphatic heterocycles. The summed E-state index contributed by atoms with van der Waals surface area (Å²) >= 11 is 0. The van der Waals surface area contributed by atoms with E-state index >= 15 is 0 Å². The lowest BCUT2D eigenvalue weighted by atomic mass is 10.1. The van der Waals surface area contributed by atoms with Gasteiger partial charge in [-0.3, -0.25) is 0 Å². The van der Waals surface area contributed by atoms with Crippen LogP contribution in [0.4, 0.5) is 0 Å². The summed E-state index contributed by atoms with van der Waals surface area (Å²) in [6.07, 6.45) is 5.03. The van der Waals surface area contributed by atoms with Gasteiger partial charge in [-0.05, 0) is 26.3 Å². The lowest BCUT2D eigenvalue weighted by Crippen LogP contribution is -2.18. The third-order valence-corrected chi connectivity index (χ3v) is 1.99. The van der Waals surface area contributed by atoms with E-state index in [9.17, 15) is 0 Å². The van der Waals surface area contributed by atoms with Gasteiger partial charge in [0.05, 0.1) is 12.6 Å². The van der Waals surface area contributed by atoms with Crippen molar-refractivity contribution in [2.24, 2.45) is 0 Å². The van der Waals surface area contributed by atoms with Crippen LogP contribution in [0.15, 0.2) is 0 Å². The fraction of sp³-hybridized carbons (Fsp3) is 0.800. The zero-order chi connectivity index (χ0) is 8.65. The van der Waals surface area contributed by atoms with Crippen LogP contribution in [0.25, 0.3) is 0 Å². The third-order valence-electron chi connectivity index (χ3n) is 1.99. The van der Waals surface area contributed by atoms with Crippen LogP contribution in [-0.4, -0.2) is 26.3 Å². The Kier molecular flexibility index (Phi) is 4.82. The van der Waals surface area contributed by atoms with Crippen LogP contribution in [-0.2, 0) is 4.74 Å². The van der Waals surface area contributed by atoms with Gasteiger partial charge in [-0.25, -0.2) is 0 Å². The molecular formula is C10H17NO. The van der Waals surface area contributed by atoms with Crippen molar-refractivity contribution in [2.45, 2.75) is 31.8 Å². The molecule has 0 aromatic rings. The molecule has 1 saturated heterocycles. The zero-order valence-electron chi connectivity index (χ0n) is 7.73. The molecule has 1 aliphatic rings. The quantitative estimate of drug-likeness (QED) is 0.623. The topological polar surface area (TPSA) is 21.3 Å². The van der Waals surface area contributed by atoms with Crippen LogP contribution in [0, 0.1) is 11.8 Å². The third kappa shape index (κ3) is 3.75. The summed E-state index contributed by atoms with van der Waals surface area (Å²) in [7, 11) is 1.91. The van der Waals surface area contributed by atoms with Crippen molar-refractivity contribution in [3.63, 3.8) is 0 Å². The number of rotatable bonds is 2. The van der Waals surface area contributed by atoms with E-state index in [1.807, 2.05) is 7.05 Å². The van der Waals surface area contributed by atoms with Crippen LogP contribution in [0.2, 0.25) is 0 Å². The van der Waals surface area contributed by atoms with E-state index in [0.29, 0.717) is 6.10 Å². The van der Waals surface area contributed by atoms with Crippen molar-refractivity contribution in [3.05, 3.63) is 0 Å². The molecule has 1 unspecified atom stereocenters. The molecule has 1 rings (SSSR count). The van der Waals surface area contributed by atoms with Crippen LogP contribution in [0.3, 0.4) is 0 Å². The molecule has 1 N–H and O–H groups in total. The molecule has 68 valence electrons. The number of ether oxygens (including phenoxy) is 1. The molecule has 0 saturated carbocycles. The van der Waals surface area contributed by atoms with Gasteiger partial charge >= 0.3 is 0 Å². The van der Waals surface area contributed by atoms with E-state index in [0.717, 1.165) is 19.6 Å². The van der Waals surface area contributed by atoms with E-state index in [4.69, 9.17) is 4.74 Å². The molecule has 2 heteroatoms. The summed E-state index contributed by atoms with van der Waals surface area (Å²) in [5.74, 6) is 6.16. The lowest BCUT2D eigenvalue weighted by molar-refractivity contribution is 0.0197. The summed E-state index contributed by atoms with van der Waals surface area (Å²) < 4.78 is 5.54. The van der Waals surface area contributed by atoms with Crippen LogP contribution in [0.1, 0.15) is 25.7 Å². The highest BCUT2D eigenvalue weighted by atomic mass is 16.5. The maximum atomic E-state index is 5.54. The Morgan fingerprint density at radius 2 is 2.33 bits per heavy atom. The minimum absolute atomic E-state index is 0.406. The molecule has 0 aromatic heterocycles. The molecule has 0 spiro atoms. The van der Waals surface area contributed by atoms with Crippen molar-refractivity contribution >= 4 is 0 Å². The monoisotopic (exact) mass is 167 g/mol. The maximum absolute atomic E-state index is 5.54. The summed E-state index contributed by atoms with van der Waals surface area (Å²) in [6, 6.07) is 0. The maximum Gasteiger partial charge on any atom is 0.0684 e. The minimum Gasteiger partial charge on any atom is -0.377 e. The van der Waals surface area contributed by atoms with Crippen LogP contribution < -0.4 is 5.32 Å². The van der Waals surface area contributed by atoms with Gasteiger partial charge in [0.25, 0.3) is 0 Å². The molecule has 2 nitrogen and oxygen atoms in total. The van der Waals surface area contributed by atoms with Crippen LogP contribution >= 0.6 is 0 Å². The fourth-order valence-electron chi connectivity index (χ4n) is 1.31. The molecule has 0 bridgehead atoms. The molecular weight excluding hydrogens is 150 g/mol. The van der Waals surface area contributed by atoms with Gasteiger partial charge in [0.1, 0.15) is 0 Å². The Labute approximate surface area is 74.7 Å². The van der Waals surface area contributed by atoms with Gasteiger partial charge in [0.2, 0.25) is 0 Å². The molecule has 0 amide bonds. The number of hydrogen-bond donors (Lipinski definition) is 1. The van der Waals surface area contributed by atoms with Crippen molar-refractivity contribution in [1.29, 1.82) is 0 Å². The van der Waals surface area contributed by atoms with Gasteiger partial charge in [-0.15, -0.1) is 0 Å².